The summed E-state index contributed by atoms with van der Waals surface area (Å²) >= 11 is 0. The topological polar surface area (TPSA) is 48.5 Å². The molecule has 0 spiro atoms. The third-order valence-electron chi connectivity index (χ3n) is 9.41. The zero-order valence-electron chi connectivity index (χ0n) is 47.8. The Morgan fingerprint density at radius 1 is 0.375 bits per heavy atom. The van der Waals surface area contributed by atoms with Gasteiger partial charge in [0.05, 0.1) is 48.1 Å². The Kier molecular flexibility index (Phi) is 4.22. The molecule has 0 bridgehead atoms. The van der Waals surface area contributed by atoms with E-state index in [1.54, 1.807) is 42.5 Å². The Labute approximate surface area is 350 Å². The molecule has 0 saturated carbocycles. The number of para-hydroxylation sites is 2. The standard InChI is InChI=1S/C51H33N5/c1-4-16-34(17-5-1)37-22-14-24-39(32-37)50-52-49(36-20-8-3-9-21-36)53-51(54-50)56-46-29-13-11-27-42(46)44-31-30-43-41-26-10-12-28-45(41)55(47(43)48(44)56)40-25-15-23-38(33-40)35-18-6-2-7-19-35/h1-33H/i2D,6D,7D,10D,11D,12D,13D,15D,18D,19D,23D,25D,26D,27D,28D,29D,30D,31D,33D. The van der Waals surface area contributed by atoms with E-state index in [1.807, 2.05) is 42.5 Å². The van der Waals surface area contributed by atoms with Crippen molar-refractivity contribution in [3.63, 3.8) is 0 Å². The van der Waals surface area contributed by atoms with Gasteiger partial charge in [-0.25, -0.2) is 4.98 Å². The molecular formula is C51H33N5. The minimum atomic E-state index is -0.939. The third kappa shape index (κ3) is 5.21. The Hall–Kier alpha value is -7.63. The molecule has 0 unspecified atom stereocenters. The molecule has 8 aromatic carbocycles. The molecule has 5 nitrogen and oxygen atoms in total. The van der Waals surface area contributed by atoms with Crippen LogP contribution < -0.4 is 0 Å². The highest BCUT2D eigenvalue weighted by atomic mass is 15.2. The van der Waals surface area contributed by atoms with E-state index in [1.165, 1.54) is 4.57 Å². The van der Waals surface area contributed by atoms with Gasteiger partial charge in [-0.15, -0.1) is 0 Å². The lowest BCUT2D eigenvalue weighted by molar-refractivity contribution is 0.953. The molecule has 0 radical (unpaired) electrons. The first-order valence-corrected chi connectivity index (χ1v) is 17.3. The van der Waals surface area contributed by atoms with Crippen LogP contribution in [0.4, 0.5) is 0 Å². The van der Waals surface area contributed by atoms with Crippen molar-refractivity contribution in [2.24, 2.45) is 0 Å². The zero-order chi connectivity index (χ0) is 53.5. The zero-order valence-corrected chi connectivity index (χ0v) is 28.8. The van der Waals surface area contributed by atoms with Gasteiger partial charge in [-0.05, 0) is 52.5 Å². The van der Waals surface area contributed by atoms with Crippen molar-refractivity contribution in [2.45, 2.75) is 0 Å². The molecule has 0 atom stereocenters. The van der Waals surface area contributed by atoms with Crippen molar-refractivity contribution in [3.8, 4) is 56.7 Å². The van der Waals surface area contributed by atoms with Gasteiger partial charge in [0.1, 0.15) is 0 Å². The van der Waals surface area contributed by atoms with E-state index in [0.29, 0.717) is 11.1 Å². The van der Waals surface area contributed by atoms with Gasteiger partial charge in [0.2, 0.25) is 5.95 Å². The maximum absolute atomic E-state index is 9.87. The third-order valence-corrected chi connectivity index (χ3v) is 9.41. The lowest BCUT2D eigenvalue weighted by Gasteiger charge is -2.14. The van der Waals surface area contributed by atoms with E-state index in [4.69, 9.17) is 28.7 Å². The molecule has 0 aliphatic rings. The first-order chi connectivity index (χ1) is 35.7. The van der Waals surface area contributed by atoms with Gasteiger partial charge in [0.25, 0.3) is 0 Å². The number of benzene rings is 8. The number of fused-ring (bicyclic) bond motifs is 7. The molecule has 3 heterocycles. The molecule has 0 saturated heterocycles. The van der Waals surface area contributed by atoms with Gasteiger partial charge < -0.3 is 4.57 Å². The molecule has 0 aliphatic carbocycles. The normalized spacial score (nSPS) is 16.3. The van der Waals surface area contributed by atoms with Crippen LogP contribution >= 0.6 is 0 Å². The summed E-state index contributed by atoms with van der Waals surface area (Å²) in [5.74, 6) is -0.211. The summed E-state index contributed by atoms with van der Waals surface area (Å²) in [7, 11) is 0. The number of hydrogen-bond acceptors (Lipinski definition) is 3. The molecule has 11 rings (SSSR count). The summed E-state index contributed by atoms with van der Waals surface area (Å²) in [6, 6.07) is 10.2. The predicted octanol–water partition coefficient (Wildman–Crippen LogP) is 12.7. The second-order valence-corrected chi connectivity index (χ2v) is 12.6. The van der Waals surface area contributed by atoms with Crippen molar-refractivity contribution in [1.82, 2.24) is 24.1 Å². The van der Waals surface area contributed by atoms with Gasteiger partial charge >= 0.3 is 0 Å². The maximum atomic E-state index is 9.87. The average molecular weight is 735 g/mol. The number of rotatable bonds is 6. The predicted molar refractivity (Wildman–Crippen MR) is 230 cm³/mol. The first-order valence-electron chi connectivity index (χ1n) is 26.8. The molecule has 3 aromatic heterocycles. The van der Waals surface area contributed by atoms with Crippen molar-refractivity contribution in [1.29, 1.82) is 0 Å². The highest BCUT2D eigenvalue weighted by Crippen LogP contribution is 2.42. The van der Waals surface area contributed by atoms with E-state index < -0.39 is 153 Å². The lowest BCUT2D eigenvalue weighted by atomic mass is 10.0. The molecule has 262 valence electrons. The molecule has 0 aliphatic heterocycles. The van der Waals surface area contributed by atoms with Crippen LogP contribution in [0.15, 0.2) is 200 Å². The van der Waals surface area contributed by atoms with E-state index >= 15 is 0 Å². The first kappa shape index (κ1) is 18.1. The van der Waals surface area contributed by atoms with Crippen LogP contribution in [0.5, 0.6) is 0 Å². The largest absolute Gasteiger partial charge is 0.307 e. The van der Waals surface area contributed by atoms with Crippen LogP contribution in [0.3, 0.4) is 0 Å². The van der Waals surface area contributed by atoms with Gasteiger partial charge in [-0.1, -0.05) is 169 Å². The molecule has 11 aromatic rings. The van der Waals surface area contributed by atoms with Crippen molar-refractivity contribution >= 4 is 43.6 Å². The van der Waals surface area contributed by atoms with Gasteiger partial charge in [-0.2, -0.15) is 9.97 Å². The van der Waals surface area contributed by atoms with Gasteiger partial charge in [0.15, 0.2) is 11.6 Å². The fraction of sp³-hybridized carbons (Fsp3) is 0. The minimum Gasteiger partial charge on any atom is -0.307 e. The van der Waals surface area contributed by atoms with Crippen LogP contribution in [0.25, 0.3) is 100 Å². The van der Waals surface area contributed by atoms with Gasteiger partial charge in [-0.3, -0.25) is 4.57 Å². The molecule has 5 heteroatoms. The van der Waals surface area contributed by atoms with Crippen LogP contribution in [0, 0.1) is 0 Å². The SMILES string of the molecule is [2H]c1c([2H])c([2H])c(-c2c([2H])c([2H])c([2H])c(-n3c4c([2H])c([2H])c([2H])c([2H])c4c4c([2H])c([2H])c5c6c([2H])c([2H])c([2H])c([2H])c6n(-c6nc(-c7ccccc7)nc(-c7cccc(-c8ccccc8)c7)n6)c5c43)c2[2H])c([2H])c1[2H]. The molecule has 0 amide bonds. The maximum Gasteiger partial charge on any atom is 0.238 e. The lowest BCUT2D eigenvalue weighted by Crippen LogP contribution is -2.07. The Bertz CT molecular complexity index is 4320. The summed E-state index contributed by atoms with van der Waals surface area (Å²) < 4.78 is 175. The molecular weight excluding hydrogens is 683 g/mol. The van der Waals surface area contributed by atoms with Crippen LogP contribution in [0.2, 0.25) is 0 Å². The molecule has 0 fully saturated rings. The van der Waals surface area contributed by atoms with Crippen LogP contribution in [-0.2, 0) is 0 Å². The summed E-state index contributed by atoms with van der Waals surface area (Å²) in [5.41, 5.74) is -1.12. The van der Waals surface area contributed by atoms with E-state index in [9.17, 15) is 12.3 Å². The molecule has 56 heavy (non-hydrogen) atoms. The van der Waals surface area contributed by atoms with Crippen LogP contribution in [0.1, 0.15) is 26.0 Å². The Morgan fingerprint density at radius 2 is 0.929 bits per heavy atom. The highest BCUT2D eigenvalue weighted by molar-refractivity contribution is 6.23. The van der Waals surface area contributed by atoms with Gasteiger partial charge in [0, 0.05) is 38.4 Å². The summed E-state index contributed by atoms with van der Waals surface area (Å²) in [5, 5.41) is -1.47. The fourth-order valence-corrected chi connectivity index (χ4v) is 6.96. The number of hydrogen-bond donors (Lipinski definition) is 0. The van der Waals surface area contributed by atoms with E-state index in [0.717, 1.165) is 15.7 Å². The quantitative estimate of drug-likeness (QED) is 0.171. The second-order valence-electron chi connectivity index (χ2n) is 12.6. The fourth-order valence-electron chi connectivity index (χ4n) is 6.96. The summed E-state index contributed by atoms with van der Waals surface area (Å²) in [6.45, 7) is 0. The second kappa shape index (κ2) is 13.0. The Morgan fingerprint density at radius 3 is 1.64 bits per heavy atom. The van der Waals surface area contributed by atoms with Crippen molar-refractivity contribution < 1.29 is 26.0 Å². The number of nitrogens with zero attached hydrogens (tertiary/aromatic N) is 5. The monoisotopic (exact) mass is 734 g/mol. The van der Waals surface area contributed by atoms with E-state index in [-0.39, 0.29) is 39.4 Å². The average Bonchev–Trinajstić information content (AvgIpc) is 3.97. The highest BCUT2D eigenvalue weighted by Gasteiger charge is 2.23. The van der Waals surface area contributed by atoms with Crippen molar-refractivity contribution in [3.05, 3.63) is 200 Å². The smallest absolute Gasteiger partial charge is 0.238 e. The van der Waals surface area contributed by atoms with Crippen LogP contribution in [-0.4, -0.2) is 24.1 Å². The Balaban J connectivity index is 1.42. The minimum absolute atomic E-state index is 0.0575. The summed E-state index contributed by atoms with van der Waals surface area (Å²) in [6.07, 6.45) is 0. The summed E-state index contributed by atoms with van der Waals surface area (Å²) in [4.78, 5) is 14.8. The van der Waals surface area contributed by atoms with E-state index in [2.05, 4.69) is 0 Å². The molecule has 0 N–H and O–H groups in total. The van der Waals surface area contributed by atoms with Crippen molar-refractivity contribution in [2.75, 3.05) is 0 Å². The number of aromatic nitrogens is 5.